The van der Waals surface area contributed by atoms with Crippen molar-refractivity contribution in [3.05, 3.63) is 65.1 Å². The molecular weight excluding hydrogens is 346 g/mol. The summed E-state index contributed by atoms with van der Waals surface area (Å²) in [6.07, 6.45) is 0. The molecule has 3 rings (SSSR count). The Morgan fingerprint density at radius 3 is 2.32 bits per heavy atom. The third-order valence-electron chi connectivity index (χ3n) is 3.74. The zero-order chi connectivity index (χ0) is 18.0. The third-order valence-corrected chi connectivity index (χ3v) is 4.10. The van der Waals surface area contributed by atoms with Gasteiger partial charge < -0.3 is 4.74 Å². The van der Waals surface area contributed by atoms with Crippen molar-refractivity contribution < 1.29 is 13.5 Å². The molecule has 0 amide bonds. The molecular formula is C19H15ClF2N2O. The van der Waals surface area contributed by atoms with Crippen LogP contribution in [0.15, 0.2) is 48.5 Å². The van der Waals surface area contributed by atoms with Crippen LogP contribution in [-0.4, -0.2) is 16.6 Å². The molecule has 1 aromatic heterocycles. The summed E-state index contributed by atoms with van der Waals surface area (Å²) in [5.74, 6) is 0.112. The van der Waals surface area contributed by atoms with Gasteiger partial charge in [0, 0.05) is 11.1 Å². The second-order valence-electron chi connectivity index (χ2n) is 5.49. The van der Waals surface area contributed by atoms with Crippen molar-refractivity contribution >= 4 is 11.6 Å². The topological polar surface area (TPSA) is 35.0 Å². The second kappa shape index (κ2) is 7.15. The van der Waals surface area contributed by atoms with E-state index in [0.29, 0.717) is 27.8 Å². The van der Waals surface area contributed by atoms with Crippen LogP contribution in [0.4, 0.5) is 8.78 Å². The van der Waals surface area contributed by atoms with Crippen molar-refractivity contribution in [2.45, 2.75) is 20.5 Å². The highest BCUT2D eigenvalue weighted by atomic mass is 35.5. The van der Waals surface area contributed by atoms with E-state index in [2.05, 4.69) is 14.7 Å². The number of alkyl halides is 2. The van der Waals surface area contributed by atoms with Crippen molar-refractivity contribution in [2.24, 2.45) is 0 Å². The molecule has 0 aliphatic heterocycles. The standard InChI is InChI=1S/C19H15ClF2N2O/c1-11-17(23-12(2)18(20)24-11)14-8-9-16(25-19(21)22)15(10-14)13-6-4-3-5-7-13/h3-10,19H,1-2H3. The first kappa shape index (κ1) is 17.3. The molecule has 0 atom stereocenters. The number of aryl methyl sites for hydroxylation is 2. The molecule has 0 aliphatic carbocycles. The Bertz CT molecular complexity index is 901. The molecule has 128 valence electrons. The molecule has 6 heteroatoms. The number of aromatic nitrogens is 2. The van der Waals surface area contributed by atoms with E-state index in [1.165, 1.54) is 6.07 Å². The zero-order valence-electron chi connectivity index (χ0n) is 13.6. The van der Waals surface area contributed by atoms with E-state index in [9.17, 15) is 8.78 Å². The number of hydrogen-bond donors (Lipinski definition) is 0. The quantitative estimate of drug-likeness (QED) is 0.600. The van der Waals surface area contributed by atoms with Crippen molar-refractivity contribution in [3.63, 3.8) is 0 Å². The molecule has 0 unspecified atom stereocenters. The molecule has 0 bridgehead atoms. The summed E-state index contributed by atoms with van der Waals surface area (Å²) in [5, 5.41) is 0.349. The third kappa shape index (κ3) is 3.77. The highest BCUT2D eigenvalue weighted by Crippen LogP contribution is 2.35. The Morgan fingerprint density at radius 1 is 0.920 bits per heavy atom. The fourth-order valence-corrected chi connectivity index (χ4v) is 2.74. The van der Waals surface area contributed by atoms with Crippen LogP contribution in [0.25, 0.3) is 22.4 Å². The van der Waals surface area contributed by atoms with Crippen LogP contribution in [0, 0.1) is 13.8 Å². The predicted octanol–water partition coefficient (Wildman–Crippen LogP) is 5.68. The van der Waals surface area contributed by atoms with Crippen molar-refractivity contribution in [1.82, 2.24) is 9.97 Å². The van der Waals surface area contributed by atoms with Gasteiger partial charge in [-0.25, -0.2) is 9.97 Å². The summed E-state index contributed by atoms with van der Waals surface area (Å²) >= 11 is 6.01. The van der Waals surface area contributed by atoms with Crippen LogP contribution in [0.3, 0.4) is 0 Å². The van der Waals surface area contributed by atoms with Crippen LogP contribution in [-0.2, 0) is 0 Å². The average molecular weight is 361 g/mol. The fourth-order valence-electron chi connectivity index (χ4n) is 2.57. The number of rotatable bonds is 4. The number of nitrogens with zero attached hydrogens (tertiary/aromatic N) is 2. The Morgan fingerprint density at radius 2 is 1.64 bits per heavy atom. The van der Waals surface area contributed by atoms with E-state index in [-0.39, 0.29) is 5.75 Å². The van der Waals surface area contributed by atoms with Crippen LogP contribution in [0.2, 0.25) is 5.15 Å². The SMILES string of the molecule is Cc1nc(-c2ccc(OC(F)F)c(-c3ccccc3)c2)c(C)nc1Cl. The normalized spacial score (nSPS) is 11.0. The largest absolute Gasteiger partial charge is 0.434 e. The van der Waals surface area contributed by atoms with Gasteiger partial charge in [0.05, 0.1) is 17.1 Å². The lowest BCUT2D eigenvalue weighted by atomic mass is 10.00. The Hall–Kier alpha value is -2.53. The minimum atomic E-state index is -2.90. The maximum atomic E-state index is 12.7. The summed E-state index contributed by atoms with van der Waals surface area (Å²) in [6, 6.07) is 14.2. The van der Waals surface area contributed by atoms with E-state index in [4.69, 9.17) is 11.6 Å². The summed E-state index contributed by atoms with van der Waals surface area (Å²) in [7, 11) is 0. The second-order valence-corrected chi connectivity index (χ2v) is 5.85. The molecule has 0 saturated heterocycles. The minimum Gasteiger partial charge on any atom is -0.434 e. The van der Waals surface area contributed by atoms with Gasteiger partial charge in [-0.15, -0.1) is 0 Å². The first-order valence-corrected chi connectivity index (χ1v) is 7.99. The van der Waals surface area contributed by atoms with Gasteiger partial charge in [-0.3, -0.25) is 0 Å². The number of hydrogen-bond acceptors (Lipinski definition) is 3. The smallest absolute Gasteiger partial charge is 0.387 e. The predicted molar refractivity (Wildman–Crippen MR) is 94.0 cm³/mol. The fraction of sp³-hybridized carbons (Fsp3) is 0.158. The molecule has 3 aromatic rings. The molecule has 0 saturated carbocycles. The summed E-state index contributed by atoms with van der Waals surface area (Å²) < 4.78 is 30.2. The summed E-state index contributed by atoms with van der Waals surface area (Å²) in [6.45, 7) is 0.678. The van der Waals surface area contributed by atoms with Crippen LogP contribution in [0.1, 0.15) is 11.4 Å². The molecule has 1 heterocycles. The molecule has 0 aliphatic rings. The molecule has 25 heavy (non-hydrogen) atoms. The van der Waals surface area contributed by atoms with Gasteiger partial charge in [-0.05, 0) is 37.6 Å². The molecule has 0 radical (unpaired) electrons. The van der Waals surface area contributed by atoms with Gasteiger partial charge in [0.15, 0.2) is 5.15 Å². The molecule has 0 N–H and O–H groups in total. The van der Waals surface area contributed by atoms with Gasteiger partial charge in [-0.1, -0.05) is 41.9 Å². The van der Waals surface area contributed by atoms with E-state index < -0.39 is 6.61 Å². The Labute approximate surface area is 149 Å². The summed E-state index contributed by atoms with van der Waals surface area (Å²) in [5.41, 5.74) is 4.02. The molecule has 3 nitrogen and oxygen atoms in total. The van der Waals surface area contributed by atoms with Crippen LogP contribution >= 0.6 is 11.6 Å². The highest BCUT2D eigenvalue weighted by Gasteiger charge is 2.15. The van der Waals surface area contributed by atoms with Gasteiger partial charge >= 0.3 is 6.61 Å². The van der Waals surface area contributed by atoms with Gasteiger partial charge in [-0.2, -0.15) is 8.78 Å². The molecule has 0 spiro atoms. The van der Waals surface area contributed by atoms with E-state index in [1.54, 1.807) is 26.0 Å². The van der Waals surface area contributed by atoms with Gasteiger partial charge in [0.2, 0.25) is 0 Å². The van der Waals surface area contributed by atoms with Crippen molar-refractivity contribution in [1.29, 1.82) is 0 Å². The number of halogens is 3. The van der Waals surface area contributed by atoms with Gasteiger partial charge in [0.25, 0.3) is 0 Å². The van der Waals surface area contributed by atoms with Crippen molar-refractivity contribution in [3.8, 4) is 28.1 Å². The lowest BCUT2D eigenvalue weighted by molar-refractivity contribution is -0.0494. The highest BCUT2D eigenvalue weighted by molar-refractivity contribution is 6.30. The number of ether oxygens (including phenoxy) is 1. The van der Waals surface area contributed by atoms with Crippen LogP contribution in [0.5, 0.6) is 5.75 Å². The Balaban J connectivity index is 2.16. The molecule has 0 fully saturated rings. The van der Waals surface area contributed by atoms with E-state index in [0.717, 1.165) is 11.1 Å². The van der Waals surface area contributed by atoms with E-state index in [1.807, 2.05) is 30.3 Å². The zero-order valence-corrected chi connectivity index (χ0v) is 14.4. The first-order chi connectivity index (χ1) is 12.0. The van der Waals surface area contributed by atoms with Gasteiger partial charge in [0.1, 0.15) is 5.75 Å². The lowest BCUT2D eigenvalue weighted by Gasteiger charge is -2.14. The average Bonchev–Trinajstić information content (AvgIpc) is 2.59. The van der Waals surface area contributed by atoms with Crippen LogP contribution < -0.4 is 4.74 Å². The monoisotopic (exact) mass is 360 g/mol. The maximum absolute atomic E-state index is 12.7. The van der Waals surface area contributed by atoms with Crippen molar-refractivity contribution in [2.75, 3.05) is 0 Å². The number of benzene rings is 2. The summed E-state index contributed by atoms with van der Waals surface area (Å²) in [4.78, 5) is 8.76. The maximum Gasteiger partial charge on any atom is 0.387 e. The first-order valence-electron chi connectivity index (χ1n) is 7.61. The van der Waals surface area contributed by atoms with E-state index >= 15 is 0 Å². The Kier molecular flexibility index (Phi) is 4.95. The molecule has 2 aromatic carbocycles. The minimum absolute atomic E-state index is 0.112. The lowest BCUT2D eigenvalue weighted by Crippen LogP contribution is -2.04.